The maximum Gasteiger partial charge on any atom is 0.269 e. The van der Waals surface area contributed by atoms with Gasteiger partial charge in [-0.1, -0.05) is 24.6 Å². The third-order valence-corrected chi connectivity index (χ3v) is 6.69. The molecule has 0 spiro atoms. The van der Waals surface area contributed by atoms with Gasteiger partial charge in [-0.3, -0.25) is 0 Å². The van der Waals surface area contributed by atoms with Crippen LogP contribution in [0.5, 0.6) is 0 Å². The van der Waals surface area contributed by atoms with E-state index in [-0.39, 0.29) is 4.90 Å². The van der Waals surface area contributed by atoms with Crippen LogP contribution in [-0.4, -0.2) is 43.7 Å². The zero-order valence-electron chi connectivity index (χ0n) is 15.6. The van der Waals surface area contributed by atoms with Crippen LogP contribution >= 0.6 is 0 Å². The Bertz CT molecular complexity index is 1070. The molecule has 0 unspecified atom stereocenters. The Kier molecular flexibility index (Phi) is 4.65. The lowest BCUT2D eigenvalue weighted by molar-refractivity contribution is 0.123. The number of nitrogens with zero attached hydrogens (tertiary/aromatic N) is 3. The van der Waals surface area contributed by atoms with Gasteiger partial charge >= 0.3 is 0 Å². The van der Waals surface area contributed by atoms with Gasteiger partial charge in [0.1, 0.15) is 0 Å². The number of hydrogen-bond acceptors (Lipinski definition) is 5. The van der Waals surface area contributed by atoms with Crippen LogP contribution in [0, 0.1) is 6.92 Å². The molecule has 3 heterocycles. The molecule has 0 bridgehead atoms. The summed E-state index contributed by atoms with van der Waals surface area (Å²) in [6.07, 6.45) is 4.14. The highest BCUT2D eigenvalue weighted by molar-refractivity contribution is 7.90. The lowest BCUT2D eigenvalue weighted by atomic mass is 10.1. The number of hydrogen-bond donors (Lipinski definition) is 0. The van der Waals surface area contributed by atoms with Crippen LogP contribution in [0.2, 0.25) is 0 Å². The molecule has 1 aromatic carbocycles. The van der Waals surface area contributed by atoms with E-state index in [1.807, 2.05) is 32.0 Å². The van der Waals surface area contributed by atoms with Crippen molar-refractivity contribution in [2.24, 2.45) is 0 Å². The Balaban J connectivity index is 1.91. The van der Waals surface area contributed by atoms with Gasteiger partial charge in [0, 0.05) is 36.6 Å². The van der Waals surface area contributed by atoms with E-state index in [1.54, 1.807) is 24.5 Å². The Hall–Kier alpha value is -2.38. The van der Waals surface area contributed by atoms with Gasteiger partial charge in [0.15, 0.2) is 5.65 Å². The summed E-state index contributed by atoms with van der Waals surface area (Å²) in [4.78, 5) is 6.96. The quantitative estimate of drug-likeness (QED) is 0.691. The minimum atomic E-state index is -3.71. The summed E-state index contributed by atoms with van der Waals surface area (Å²) in [6, 6.07) is 8.88. The first-order valence-electron chi connectivity index (χ1n) is 9.16. The molecule has 4 rings (SSSR count). The maximum absolute atomic E-state index is 13.3. The zero-order valence-corrected chi connectivity index (χ0v) is 16.4. The van der Waals surface area contributed by atoms with Crippen molar-refractivity contribution in [3.63, 3.8) is 0 Å². The van der Waals surface area contributed by atoms with Crippen molar-refractivity contribution in [1.29, 1.82) is 0 Å². The lowest BCUT2D eigenvalue weighted by Crippen LogP contribution is -2.36. The van der Waals surface area contributed by atoms with Crippen molar-refractivity contribution in [2.45, 2.75) is 25.2 Å². The monoisotopic (exact) mass is 385 g/mol. The van der Waals surface area contributed by atoms with E-state index in [2.05, 4.69) is 9.88 Å². The number of anilines is 1. The summed E-state index contributed by atoms with van der Waals surface area (Å²) in [7, 11) is -3.71. The first-order valence-corrected chi connectivity index (χ1v) is 10.6. The molecule has 0 saturated carbocycles. The van der Waals surface area contributed by atoms with E-state index in [0.29, 0.717) is 18.9 Å². The molecule has 1 aliphatic rings. The first-order chi connectivity index (χ1) is 13.0. The number of aryl methyl sites for hydroxylation is 2. The van der Waals surface area contributed by atoms with E-state index in [9.17, 15) is 8.42 Å². The Morgan fingerprint density at radius 3 is 2.48 bits per heavy atom. The third-order valence-electron chi connectivity index (χ3n) is 5.02. The summed E-state index contributed by atoms with van der Waals surface area (Å²) in [5.74, 6) is 0. The highest BCUT2D eigenvalue weighted by atomic mass is 32.2. The average molecular weight is 385 g/mol. The summed E-state index contributed by atoms with van der Waals surface area (Å²) in [6.45, 7) is 6.90. The first kappa shape index (κ1) is 18.0. The fourth-order valence-electron chi connectivity index (χ4n) is 3.53. The molecule has 6 nitrogen and oxygen atoms in total. The van der Waals surface area contributed by atoms with Gasteiger partial charge in [0.25, 0.3) is 10.0 Å². The highest BCUT2D eigenvalue weighted by Crippen LogP contribution is 2.33. The van der Waals surface area contributed by atoms with Gasteiger partial charge in [0.05, 0.1) is 18.1 Å². The highest BCUT2D eigenvalue weighted by Gasteiger charge is 2.25. The minimum Gasteiger partial charge on any atom is -0.378 e. The second-order valence-corrected chi connectivity index (χ2v) is 8.56. The van der Waals surface area contributed by atoms with Gasteiger partial charge in [-0.05, 0) is 37.1 Å². The Morgan fingerprint density at radius 1 is 1.11 bits per heavy atom. The molecule has 1 saturated heterocycles. The normalized spacial score (nSPS) is 15.4. The maximum atomic E-state index is 13.3. The van der Waals surface area contributed by atoms with Crippen LogP contribution in [0.1, 0.15) is 18.1 Å². The van der Waals surface area contributed by atoms with Crippen molar-refractivity contribution < 1.29 is 13.2 Å². The van der Waals surface area contributed by atoms with Gasteiger partial charge in [-0.25, -0.2) is 17.4 Å². The van der Waals surface area contributed by atoms with E-state index in [4.69, 9.17) is 4.74 Å². The number of fused-ring (bicyclic) bond motifs is 1. The third kappa shape index (κ3) is 3.11. The standard InChI is InChI=1S/C20H23N3O3S/c1-3-16-14-23(27(24,25)17-6-4-15(2)5-7-17)20-19(16)18(8-9-21-20)22-10-12-26-13-11-22/h4-9,14H,3,10-13H2,1-2H3. The molecule has 27 heavy (non-hydrogen) atoms. The zero-order chi connectivity index (χ0) is 19.0. The van der Waals surface area contributed by atoms with E-state index in [0.717, 1.165) is 41.7 Å². The number of ether oxygens (including phenoxy) is 1. The molecular formula is C20H23N3O3S. The summed E-state index contributed by atoms with van der Waals surface area (Å²) in [5.41, 5.74) is 3.51. The number of rotatable bonds is 4. The second-order valence-electron chi connectivity index (χ2n) is 6.75. The van der Waals surface area contributed by atoms with Crippen LogP contribution in [0.25, 0.3) is 11.0 Å². The fraction of sp³-hybridized carbons (Fsp3) is 0.350. The number of pyridine rings is 1. The SMILES string of the molecule is CCc1cn(S(=O)(=O)c2ccc(C)cc2)c2nccc(N3CCOCC3)c12. The van der Waals surface area contributed by atoms with Gasteiger partial charge in [-0.15, -0.1) is 0 Å². The molecule has 2 aromatic heterocycles. The molecule has 0 atom stereocenters. The summed E-state index contributed by atoms with van der Waals surface area (Å²) < 4.78 is 33.3. The molecule has 1 aliphatic heterocycles. The number of benzene rings is 1. The van der Waals surface area contributed by atoms with Crippen molar-refractivity contribution in [1.82, 2.24) is 8.96 Å². The van der Waals surface area contributed by atoms with Crippen LogP contribution in [0.15, 0.2) is 47.6 Å². The molecule has 0 aliphatic carbocycles. The summed E-state index contributed by atoms with van der Waals surface area (Å²) >= 11 is 0. The molecule has 7 heteroatoms. The predicted octanol–water partition coefficient (Wildman–Crippen LogP) is 2.98. The summed E-state index contributed by atoms with van der Waals surface area (Å²) in [5, 5.41) is 0.914. The molecule has 0 amide bonds. The van der Waals surface area contributed by atoms with Gasteiger partial charge in [0.2, 0.25) is 0 Å². The van der Waals surface area contributed by atoms with Crippen molar-refractivity contribution in [3.8, 4) is 0 Å². The molecular weight excluding hydrogens is 362 g/mol. The lowest BCUT2D eigenvalue weighted by Gasteiger charge is -2.29. The van der Waals surface area contributed by atoms with Gasteiger partial charge < -0.3 is 9.64 Å². The van der Waals surface area contributed by atoms with E-state index in [1.165, 1.54) is 3.97 Å². The number of morpholine rings is 1. The van der Waals surface area contributed by atoms with Crippen LogP contribution in [-0.2, 0) is 21.2 Å². The average Bonchev–Trinajstić information content (AvgIpc) is 3.09. The topological polar surface area (TPSA) is 64.4 Å². The van der Waals surface area contributed by atoms with Gasteiger partial charge in [-0.2, -0.15) is 0 Å². The fourth-order valence-corrected chi connectivity index (χ4v) is 4.87. The smallest absolute Gasteiger partial charge is 0.269 e. The van der Waals surface area contributed by atoms with Crippen molar-refractivity contribution >= 4 is 26.7 Å². The molecule has 3 aromatic rings. The van der Waals surface area contributed by atoms with Crippen molar-refractivity contribution in [2.75, 3.05) is 31.2 Å². The van der Waals surface area contributed by atoms with Crippen LogP contribution in [0.4, 0.5) is 5.69 Å². The molecule has 0 N–H and O–H groups in total. The van der Waals surface area contributed by atoms with E-state index < -0.39 is 10.0 Å². The molecule has 1 fully saturated rings. The molecule has 142 valence electrons. The minimum absolute atomic E-state index is 0.270. The van der Waals surface area contributed by atoms with E-state index >= 15 is 0 Å². The predicted molar refractivity (Wildman–Crippen MR) is 106 cm³/mol. The van der Waals surface area contributed by atoms with Crippen LogP contribution in [0.3, 0.4) is 0 Å². The Morgan fingerprint density at radius 2 is 1.81 bits per heavy atom. The Labute approximate surface area is 159 Å². The molecule has 0 radical (unpaired) electrons. The van der Waals surface area contributed by atoms with Crippen molar-refractivity contribution in [3.05, 3.63) is 53.9 Å². The van der Waals surface area contributed by atoms with Crippen LogP contribution < -0.4 is 4.90 Å². The largest absolute Gasteiger partial charge is 0.378 e. The second kappa shape index (κ2) is 6.98. The number of aromatic nitrogens is 2.